The lowest BCUT2D eigenvalue weighted by molar-refractivity contribution is 0.395. The molecule has 1 heterocycles. The largest absolute Gasteiger partial charge is 0.497 e. The maximum atomic E-state index is 13.3. The standard InChI is InChI=1S/C18H16F2N4O2/c1-25-12-4-6-15(16(8-12)26-2)24-18-9-17(21-10-22-18)23-11-3-5-13(19)14(20)7-11/h3-10H,1-2H3,(H2,21,22,23,24). The minimum absolute atomic E-state index is 0.371. The summed E-state index contributed by atoms with van der Waals surface area (Å²) in [5, 5.41) is 6.01. The molecule has 0 radical (unpaired) electrons. The van der Waals surface area contributed by atoms with Crippen LogP contribution in [0.1, 0.15) is 0 Å². The number of hydrogen-bond acceptors (Lipinski definition) is 6. The van der Waals surface area contributed by atoms with Crippen LogP contribution in [-0.2, 0) is 0 Å². The Bertz CT molecular complexity index is 921. The molecule has 2 N–H and O–H groups in total. The third-order valence-electron chi connectivity index (χ3n) is 3.53. The van der Waals surface area contributed by atoms with Gasteiger partial charge in [-0.3, -0.25) is 0 Å². The number of methoxy groups -OCH3 is 2. The average molecular weight is 358 g/mol. The van der Waals surface area contributed by atoms with Gasteiger partial charge in [0, 0.05) is 23.9 Å². The fourth-order valence-corrected chi connectivity index (χ4v) is 2.26. The second-order valence-electron chi connectivity index (χ2n) is 5.23. The summed E-state index contributed by atoms with van der Waals surface area (Å²) in [6, 6.07) is 10.5. The molecule has 0 saturated heterocycles. The van der Waals surface area contributed by atoms with Crippen molar-refractivity contribution in [1.82, 2.24) is 9.97 Å². The molecular weight excluding hydrogens is 342 g/mol. The van der Waals surface area contributed by atoms with Gasteiger partial charge in [0.1, 0.15) is 29.5 Å². The van der Waals surface area contributed by atoms with Gasteiger partial charge in [0.25, 0.3) is 0 Å². The third-order valence-corrected chi connectivity index (χ3v) is 3.53. The van der Waals surface area contributed by atoms with Gasteiger partial charge in [-0.25, -0.2) is 18.7 Å². The SMILES string of the molecule is COc1ccc(Nc2cc(Nc3ccc(F)c(F)c3)ncn2)c(OC)c1. The molecule has 0 atom stereocenters. The van der Waals surface area contributed by atoms with Gasteiger partial charge in [-0.2, -0.15) is 0 Å². The number of anilines is 4. The predicted molar refractivity (Wildman–Crippen MR) is 94.5 cm³/mol. The van der Waals surface area contributed by atoms with Crippen molar-refractivity contribution in [2.24, 2.45) is 0 Å². The molecule has 3 aromatic rings. The predicted octanol–water partition coefficient (Wildman–Crippen LogP) is 4.26. The summed E-state index contributed by atoms with van der Waals surface area (Å²) in [4.78, 5) is 8.21. The first-order valence-electron chi connectivity index (χ1n) is 7.62. The highest BCUT2D eigenvalue weighted by Gasteiger charge is 2.08. The zero-order valence-electron chi connectivity index (χ0n) is 14.1. The van der Waals surface area contributed by atoms with Crippen LogP contribution in [0.2, 0.25) is 0 Å². The second kappa shape index (κ2) is 7.64. The highest BCUT2D eigenvalue weighted by atomic mass is 19.2. The number of nitrogens with one attached hydrogen (secondary N) is 2. The number of halogens is 2. The van der Waals surface area contributed by atoms with E-state index in [2.05, 4.69) is 20.6 Å². The minimum Gasteiger partial charge on any atom is -0.497 e. The molecule has 8 heteroatoms. The molecule has 26 heavy (non-hydrogen) atoms. The van der Waals surface area contributed by atoms with E-state index in [-0.39, 0.29) is 0 Å². The van der Waals surface area contributed by atoms with Gasteiger partial charge in [-0.05, 0) is 24.3 Å². The third kappa shape index (κ3) is 3.97. The van der Waals surface area contributed by atoms with Crippen molar-refractivity contribution in [2.75, 3.05) is 24.9 Å². The maximum Gasteiger partial charge on any atom is 0.160 e. The monoisotopic (exact) mass is 358 g/mol. The molecule has 0 aliphatic rings. The number of hydrogen-bond donors (Lipinski definition) is 2. The van der Waals surface area contributed by atoms with Crippen LogP contribution in [0.5, 0.6) is 11.5 Å². The Balaban J connectivity index is 1.80. The molecule has 1 aromatic heterocycles. The van der Waals surface area contributed by atoms with Gasteiger partial charge >= 0.3 is 0 Å². The van der Waals surface area contributed by atoms with Gasteiger partial charge in [0.15, 0.2) is 11.6 Å². The number of benzene rings is 2. The number of nitrogens with zero attached hydrogens (tertiary/aromatic N) is 2. The molecule has 134 valence electrons. The number of aromatic nitrogens is 2. The van der Waals surface area contributed by atoms with Crippen LogP contribution in [0.3, 0.4) is 0 Å². The van der Waals surface area contributed by atoms with E-state index in [1.54, 1.807) is 38.5 Å². The number of rotatable bonds is 6. The van der Waals surface area contributed by atoms with E-state index < -0.39 is 11.6 Å². The fourth-order valence-electron chi connectivity index (χ4n) is 2.26. The van der Waals surface area contributed by atoms with Crippen molar-refractivity contribution >= 4 is 23.0 Å². The Kier molecular flexibility index (Phi) is 5.12. The first kappa shape index (κ1) is 17.4. The van der Waals surface area contributed by atoms with Gasteiger partial charge in [-0.15, -0.1) is 0 Å². The average Bonchev–Trinajstić information content (AvgIpc) is 2.65. The van der Waals surface area contributed by atoms with E-state index in [4.69, 9.17) is 9.47 Å². The zero-order valence-corrected chi connectivity index (χ0v) is 14.1. The lowest BCUT2D eigenvalue weighted by Gasteiger charge is -2.13. The zero-order chi connectivity index (χ0) is 18.5. The van der Waals surface area contributed by atoms with Crippen LogP contribution in [0, 0.1) is 11.6 Å². The molecule has 0 saturated carbocycles. The van der Waals surface area contributed by atoms with Crippen LogP contribution in [0.4, 0.5) is 31.8 Å². The molecule has 0 amide bonds. The summed E-state index contributed by atoms with van der Waals surface area (Å²) in [6.45, 7) is 0. The van der Waals surface area contributed by atoms with Crippen LogP contribution >= 0.6 is 0 Å². The Labute approximate surface area is 148 Å². The van der Waals surface area contributed by atoms with Crippen LogP contribution in [0.25, 0.3) is 0 Å². The molecule has 6 nitrogen and oxygen atoms in total. The van der Waals surface area contributed by atoms with Crippen molar-refractivity contribution in [3.8, 4) is 11.5 Å². The quantitative estimate of drug-likeness (QED) is 0.686. The molecule has 0 unspecified atom stereocenters. The first-order chi connectivity index (χ1) is 12.6. The molecule has 0 aliphatic heterocycles. The second-order valence-corrected chi connectivity index (χ2v) is 5.23. The molecule has 0 aliphatic carbocycles. The van der Waals surface area contributed by atoms with Crippen molar-refractivity contribution < 1.29 is 18.3 Å². The normalized spacial score (nSPS) is 10.3. The molecule has 0 fully saturated rings. The Hall–Kier alpha value is -3.42. The molecule has 2 aromatic carbocycles. The minimum atomic E-state index is -0.939. The van der Waals surface area contributed by atoms with Gasteiger partial charge in [0.2, 0.25) is 0 Å². The summed E-state index contributed by atoms with van der Waals surface area (Å²) in [5.41, 5.74) is 1.06. The van der Waals surface area contributed by atoms with Crippen LogP contribution in [-0.4, -0.2) is 24.2 Å². The van der Waals surface area contributed by atoms with Gasteiger partial charge in [0.05, 0.1) is 19.9 Å². The van der Waals surface area contributed by atoms with Crippen molar-refractivity contribution in [2.45, 2.75) is 0 Å². The molecule has 3 rings (SSSR count). The van der Waals surface area contributed by atoms with Crippen LogP contribution < -0.4 is 20.1 Å². The van der Waals surface area contributed by atoms with Gasteiger partial charge in [-0.1, -0.05) is 0 Å². The van der Waals surface area contributed by atoms with Crippen molar-refractivity contribution in [3.05, 3.63) is 60.4 Å². The topological polar surface area (TPSA) is 68.3 Å². The van der Waals surface area contributed by atoms with E-state index >= 15 is 0 Å². The lowest BCUT2D eigenvalue weighted by atomic mass is 10.2. The van der Waals surface area contributed by atoms with E-state index in [0.717, 1.165) is 12.1 Å². The summed E-state index contributed by atoms with van der Waals surface area (Å²) in [5.74, 6) is 0.306. The fraction of sp³-hybridized carbons (Fsp3) is 0.111. The first-order valence-corrected chi connectivity index (χ1v) is 7.62. The highest BCUT2D eigenvalue weighted by molar-refractivity contribution is 5.68. The van der Waals surface area contributed by atoms with E-state index in [0.29, 0.717) is 34.5 Å². The summed E-state index contributed by atoms with van der Waals surface area (Å²) in [6.07, 6.45) is 1.35. The lowest BCUT2D eigenvalue weighted by Crippen LogP contribution is -2.00. The smallest absolute Gasteiger partial charge is 0.160 e. The summed E-state index contributed by atoms with van der Waals surface area (Å²) < 4.78 is 36.8. The molecule has 0 spiro atoms. The van der Waals surface area contributed by atoms with Gasteiger partial charge < -0.3 is 20.1 Å². The summed E-state index contributed by atoms with van der Waals surface area (Å²) in [7, 11) is 3.12. The Morgan fingerprint density at radius 1 is 0.808 bits per heavy atom. The molecule has 0 bridgehead atoms. The van der Waals surface area contributed by atoms with E-state index in [1.165, 1.54) is 12.4 Å². The number of ether oxygens (including phenoxy) is 2. The van der Waals surface area contributed by atoms with Crippen molar-refractivity contribution in [3.63, 3.8) is 0 Å². The highest BCUT2D eigenvalue weighted by Crippen LogP contribution is 2.31. The summed E-state index contributed by atoms with van der Waals surface area (Å²) >= 11 is 0. The Morgan fingerprint density at radius 2 is 1.58 bits per heavy atom. The Morgan fingerprint density at radius 3 is 2.27 bits per heavy atom. The van der Waals surface area contributed by atoms with E-state index in [9.17, 15) is 8.78 Å². The van der Waals surface area contributed by atoms with E-state index in [1.807, 2.05) is 0 Å². The van der Waals surface area contributed by atoms with Crippen LogP contribution in [0.15, 0.2) is 48.8 Å². The van der Waals surface area contributed by atoms with Crippen molar-refractivity contribution in [1.29, 1.82) is 0 Å². The molecular formula is C18H16F2N4O2. The maximum absolute atomic E-state index is 13.3.